The number of ether oxygens (including phenoxy) is 1. The number of hydrogen-bond donors (Lipinski definition) is 1. The first-order chi connectivity index (χ1) is 7.08. The molecule has 1 rings (SSSR count). The molecule has 1 N–H and O–H groups in total. The van der Waals surface area contributed by atoms with E-state index in [4.69, 9.17) is 16.3 Å². The molecule has 0 aliphatic carbocycles. The summed E-state index contributed by atoms with van der Waals surface area (Å²) in [7, 11) is 1.57. The molecular formula is C11H14ClNO2. The normalized spacial score (nSPS) is 9.87. The van der Waals surface area contributed by atoms with Crippen molar-refractivity contribution in [2.75, 3.05) is 12.4 Å². The summed E-state index contributed by atoms with van der Waals surface area (Å²) in [6, 6.07) is 3.48. The Kier molecular flexibility index (Phi) is 3.97. The molecule has 0 atom stereocenters. The van der Waals surface area contributed by atoms with Gasteiger partial charge in [-0.15, -0.1) is 0 Å². The number of rotatable bonds is 3. The molecule has 0 fully saturated rings. The number of nitrogens with one attached hydrogen (secondary N) is 1. The van der Waals surface area contributed by atoms with Gasteiger partial charge in [-0.3, -0.25) is 4.79 Å². The minimum Gasteiger partial charge on any atom is -0.494 e. The number of hydrogen-bond acceptors (Lipinski definition) is 2. The second kappa shape index (κ2) is 5.03. The minimum absolute atomic E-state index is 0.0602. The van der Waals surface area contributed by atoms with Crippen LogP contribution in [-0.4, -0.2) is 13.0 Å². The molecule has 0 spiro atoms. The second-order valence-electron chi connectivity index (χ2n) is 3.21. The molecule has 0 radical (unpaired) electrons. The van der Waals surface area contributed by atoms with Gasteiger partial charge in [-0.2, -0.15) is 0 Å². The van der Waals surface area contributed by atoms with Crippen LogP contribution >= 0.6 is 11.6 Å². The molecule has 4 heteroatoms. The molecule has 0 unspecified atom stereocenters. The molecule has 3 nitrogen and oxygen atoms in total. The van der Waals surface area contributed by atoms with Crippen LogP contribution in [-0.2, 0) is 4.79 Å². The Morgan fingerprint density at radius 2 is 2.20 bits per heavy atom. The van der Waals surface area contributed by atoms with E-state index in [9.17, 15) is 4.79 Å². The van der Waals surface area contributed by atoms with Crippen molar-refractivity contribution < 1.29 is 9.53 Å². The van der Waals surface area contributed by atoms with Gasteiger partial charge in [0.2, 0.25) is 5.91 Å². The van der Waals surface area contributed by atoms with E-state index in [1.54, 1.807) is 26.2 Å². The van der Waals surface area contributed by atoms with Gasteiger partial charge in [-0.1, -0.05) is 18.5 Å². The van der Waals surface area contributed by atoms with Gasteiger partial charge in [0, 0.05) is 11.4 Å². The maximum absolute atomic E-state index is 11.3. The third-order valence-electron chi connectivity index (χ3n) is 2.04. The van der Waals surface area contributed by atoms with E-state index in [-0.39, 0.29) is 5.91 Å². The fourth-order valence-electron chi connectivity index (χ4n) is 1.33. The summed E-state index contributed by atoms with van der Waals surface area (Å²) in [5.74, 6) is 0.594. The second-order valence-corrected chi connectivity index (χ2v) is 3.64. The van der Waals surface area contributed by atoms with Crippen molar-refractivity contribution in [3.8, 4) is 5.75 Å². The van der Waals surface area contributed by atoms with E-state index in [1.807, 2.05) is 6.92 Å². The maximum Gasteiger partial charge on any atom is 0.224 e. The molecular weight excluding hydrogens is 214 g/mol. The Labute approximate surface area is 94.4 Å². The molecule has 0 saturated heterocycles. The number of amides is 1. The van der Waals surface area contributed by atoms with Crippen LogP contribution in [0.1, 0.15) is 18.9 Å². The Hall–Kier alpha value is -1.22. The van der Waals surface area contributed by atoms with Crippen LogP contribution in [0.5, 0.6) is 5.75 Å². The number of anilines is 1. The topological polar surface area (TPSA) is 38.3 Å². The van der Waals surface area contributed by atoms with E-state index < -0.39 is 0 Å². The zero-order valence-electron chi connectivity index (χ0n) is 9.06. The summed E-state index contributed by atoms with van der Waals surface area (Å²) in [5, 5.41) is 3.33. The number of carbonyl (C=O) groups excluding carboxylic acids is 1. The van der Waals surface area contributed by atoms with Gasteiger partial charge in [0.15, 0.2) is 0 Å². The quantitative estimate of drug-likeness (QED) is 0.862. The molecule has 15 heavy (non-hydrogen) atoms. The van der Waals surface area contributed by atoms with E-state index in [0.717, 1.165) is 5.56 Å². The highest BCUT2D eigenvalue weighted by atomic mass is 35.5. The molecule has 82 valence electrons. The summed E-state index contributed by atoms with van der Waals surface area (Å²) in [6.45, 7) is 3.67. The molecule has 1 aromatic carbocycles. The van der Waals surface area contributed by atoms with Gasteiger partial charge in [0.25, 0.3) is 0 Å². The SMILES string of the molecule is CCC(=O)Nc1cc(Cl)cc(C)c1OC. The predicted molar refractivity (Wildman–Crippen MR) is 61.7 cm³/mol. The molecule has 0 aromatic heterocycles. The van der Waals surface area contributed by atoms with Crippen molar-refractivity contribution in [2.45, 2.75) is 20.3 Å². The molecule has 0 aliphatic rings. The zero-order chi connectivity index (χ0) is 11.4. The van der Waals surface area contributed by atoms with Gasteiger partial charge in [0.1, 0.15) is 5.75 Å². The van der Waals surface area contributed by atoms with Crippen LogP contribution in [0.3, 0.4) is 0 Å². The van der Waals surface area contributed by atoms with Crippen LogP contribution in [0.15, 0.2) is 12.1 Å². The number of methoxy groups -OCH3 is 1. The zero-order valence-corrected chi connectivity index (χ0v) is 9.81. The Bertz CT molecular complexity index is 377. The van der Waals surface area contributed by atoms with Gasteiger partial charge >= 0.3 is 0 Å². The number of benzene rings is 1. The Morgan fingerprint density at radius 3 is 2.73 bits per heavy atom. The molecule has 0 heterocycles. The van der Waals surface area contributed by atoms with Crippen LogP contribution in [0.25, 0.3) is 0 Å². The summed E-state index contributed by atoms with van der Waals surface area (Å²) in [6.07, 6.45) is 0.425. The van der Waals surface area contributed by atoms with Crippen molar-refractivity contribution in [1.29, 1.82) is 0 Å². The Balaban J connectivity index is 3.09. The third-order valence-corrected chi connectivity index (χ3v) is 2.26. The number of carbonyl (C=O) groups is 1. The van der Waals surface area contributed by atoms with Crippen molar-refractivity contribution in [2.24, 2.45) is 0 Å². The van der Waals surface area contributed by atoms with Crippen molar-refractivity contribution >= 4 is 23.2 Å². The smallest absolute Gasteiger partial charge is 0.224 e. The summed E-state index contributed by atoms with van der Waals surface area (Å²) in [4.78, 5) is 11.3. The lowest BCUT2D eigenvalue weighted by Gasteiger charge is -2.12. The van der Waals surface area contributed by atoms with Crippen LogP contribution < -0.4 is 10.1 Å². The monoisotopic (exact) mass is 227 g/mol. The fraction of sp³-hybridized carbons (Fsp3) is 0.364. The van der Waals surface area contributed by atoms with Crippen LogP contribution in [0.2, 0.25) is 5.02 Å². The van der Waals surface area contributed by atoms with Crippen molar-refractivity contribution in [3.63, 3.8) is 0 Å². The molecule has 1 aromatic rings. The van der Waals surface area contributed by atoms with Gasteiger partial charge in [-0.25, -0.2) is 0 Å². The number of halogens is 1. The van der Waals surface area contributed by atoms with E-state index in [2.05, 4.69) is 5.32 Å². The highest BCUT2D eigenvalue weighted by molar-refractivity contribution is 6.31. The molecule has 0 saturated carbocycles. The molecule has 1 amide bonds. The first kappa shape index (κ1) is 11.9. The van der Waals surface area contributed by atoms with E-state index >= 15 is 0 Å². The molecule has 0 aliphatic heterocycles. The van der Waals surface area contributed by atoms with Gasteiger partial charge < -0.3 is 10.1 Å². The van der Waals surface area contributed by atoms with E-state index in [0.29, 0.717) is 22.9 Å². The largest absolute Gasteiger partial charge is 0.494 e. The van der Waals surface area contributed by atoms with Crippen molar-refractivity contribution in [3.05, 3.63) is 22.7 Å². The average molecular weight is 228 g/mol. The summed E-state index contributed by atoms with van der Waals surface area (Å²) < 4.78 is 5.20. The fourth-order valence-corrected chi connectivity index (χ4v) is 1.61. The lowest BCUT2D eigenvalue weighted by Crippen LogP contribution is -2.10. The van der Waals surface area contributed by atoms with E-state index in [1.165, 1.54) is 0 Å². The highest BCUT2D eigenvalue weighted by Gasteiger charge is 2.09. The first-order valence-corrected chi connectivity index (χ1v) is 5.10. The van der Waals surface area contributed by atoms with Crippen LogP contribution in [0, 0.1) is 6.92 Å². The van der Waals surface area contributed by atoms with Gasteiger partial charge in [-0.05, 0) is 24.6 Å². The lowest BCUT2D eigenvalue weighted by molar-refractivity contribution is -0.115. The molecule has 0 bridgehead atoms. The van der Waals surface area contributed by atoms with Crippen molar-refractivity contribution in [1.82, 2.24) is 0 Å². The maximum atomic E-state index is 11.3. The highest BCUT2D eigenvalue weighted by Crippen LogP contribution is 2.31. The predicted octanol–water partition coefficient (Wildman–Crippen LogP) is 3.01. The standard InChI is InChI=1S/C11H14ClNO2/c1-4-10(14)13-9-6-8(12)5-7(2)11(9)15-3/h5-6H,4H2,1-3H3,(H,13,14). The number of aryl methyl sites for hydroxylation is 1. The summed E-state index contributed by atoms with van der Waals surface area (Å²) in [5.41, 5.74) is 1.52. The Morgan fingerprint density at radius 1 is 1.53 bits per heavy atom. The third kappa shape index (κ3) is 2.86. The first-order valence-electron chi connectivity index (χ1n) is 4.72. The summed E-state index contributed by atoms with van der Waals surface area (Å²) >= 11 is 5.90. The van der Waals surface area contributed by atoms with Gasteiger partial charge in [0.05, 0.1) is 12.8 Å². The average Bonchev–Trinajstić information content (AvgIpc) is 2.17. The van der Waals surface area contributed by atoms with Crippen LogP contribution in [0.4, 0.5) is 5.69 Å². The minimum atomic E-state index is -0.0602. The lowest BCUT2D eigenvalue weighted by atomic mass is 10.2.